The van der Waals surface area contributed by atoms with Crippen LogP contribution in [0.25, 0.3) is 6.08 Å². The van der Waals surface area contributed by atoms with Crippen LogP contribution >= 0.6 is 11.6 Å². The molecule has 0 saturated carbocycles. The fraction of sp³-hybridized carbons (Fsp3) is 0.0625. The number of phenolic OH excluding ortho intramolecular Hbond substituents is 1. The molecule has 0 aliphatic heterocycles. The number of phenols is 1. The topological polar surface area (TPSA) is 37.3 Å². The summed E-state index contributed by atoms with van der Waals surface area (Å²) in [6.07, 6.45) is 2.49. The van der Waals surface area contributed by atoms with Crippen molar-refractivity contribution in [3.8, 4) is 5.75 Å². The molecule has 19 heavy (non-hydrogen) atoms. The summed E-state index contributed by atoms with van der Waals surface area (Å²) in [7, 11) is 0. The lowest BCUT2D eigenvalue weighted by atomic mass is 10.1. The van der Waals surface area contributed by atoms with Crippen molar-refractivity contribution >= 4 is 23.5 Å². The average molecular weight is 271 g/mol. The maximum atomic E-state index is 12.2. The molecule has 1 aliphatic carbocycles. The first-order chi connectivity index (χ1) is 9.13. The Bertz CT molecular complexity index is 684. The number of halogens is 1. The number of rotatable bonds is 1. The van der Waals surface area contributed by atoms with Gasteiger partial charge in [0, 0.05) is 22.6 Å². The number of carbonyl (C=O) groups is 1. The molecule has 0 spiro atoms. The van der Waals surface area contributed by atoms with Gasteiger partial charge in [-0.3, -0.25) is 4.79 Å². The number of hydrogen-bond acceptors (Lipinski definition) is 2. The zero-order valence-corrected chi connectivity index (χ0v) is 10.8. The SMILES string of the molecule is O=C1/C(=C/c2ccc(O)cc2)Cc2ccc(Cl)cc21. The number of fused-ring (bicyclic) bond motifs is 1. The number of benzene rings is 2. The second-order valence-electron chi connectivity index (χ2n) is 4.57. The molecule has 94 valence electrons. The molecule has 0 saturated heterocycles. The van der Waals surface area contributed by atoms with Crippen LogP contribution in [-0.2, 0) is 6.42 Å². The van der Waals surface area contributed by atoms with Gasteiger partial charge in [-0.1, -0.05) is 29.8 Å². The van der Waals surface area contributed by atoms with Crippen LogP contribution in [0.2, 0.25) is 5.02 Å². The average Bonchev–Trinajstić information content (AvgIpc) is 2.70. The molecule has 1 aliphatic rings. The lowest BCUT2D eigenvalue weighted by Gasteiger charge is -1.97. The summed E-state index contributed by atoms with van der Waals surface area (Å²) in [6.45, 7) is 0. The Hall–Kier alpha value is -2.06. The third-order valence-electron chi connectivity index (χ3n) is 3.22. The Labute approximate surface area is 116 Å². The van der Waals surface area contributed by atoms with E-state index in [1.807, 2.05) is 12.1 Å². The predicted molar refractivity (Wildman–Crippen MR) is 75.6 cm³/mol. The van der Waals surface area contributed by atoms with Crippen molar-refractivity contribution < 1.29 is 9.90 Å². The Morgan fingerprint density at radius 2 is 1.84 bits per heavy atom. The highest BCUT2D eigenvalue weighted by molar-refractivity contribution is 6.31. The van der Waals surface area contributed by atoms with Gasteiger partial charge in [0.25, 0.3) is 0 Å². The molecule has 0 radical (unpaired) electrons. The van der Waals surface area contributed by atoms with E-state index in [-0.39, 0.29) is 11.5 Å². The molecule has 0 atom stereocenters. The lowest BCUT2D eigenvalue weighted by Crippen LogP contribution is -1.95. The Balaban J connectivity index is 1.97. The number of ketones is 1. The van der Waals surface area contributed by atoms with E-state index < -0.39 is 0 Å². The minimum atomic E-state index is 0.0329. The van der Waals surface area contributed by atoms with Gasteiger partial charge < -0.3 is 5.11 Å². The zero-order chi connectivity index (χ0) is 13.4. The van der Waals surface area contributed by atoms with Crippen LogP contribution in [0.4, 0.5) is 0 Å². The van der Waals surface area contributed by atoms with Gasteiger partial charge in [0.05, 0.1) is 0 Å². The van der Waals surface area contributed by atoms with Crippen molar-refractivity contribution in [2.75, 3.05) is 0 Å². The van der Waals surface area contributed by atoms with E-state index >= 15 is 0 Å². The number of carbonyl (C=O) groups excluding carboxylic acids is 1. The highest BCUT2D eigenvalue weighted by atomic mass is 35.5. The van der Waals surface area contributed by atoms with Crippen LogP contribution < -0.4 is 0 Å². The molecular formula is C16H11ClO2. The third kappa shape index (κ3) is 2.27. The van der Waals surface area contributed by atoms with Crippen LogP contribution in [0.5, 0.6) is 5.75 Å². The monoisotopic (exact) mass is 270 g/mol. The Morgan fingerprint density at radius 1 is 1.11 bits per heavy atom. The van der Waals surface area contributed by atoms with E-state index in [0.717, 1.165) is 16.7 Å². The van der Waals surface area contributed by atoms with E-state index in [2.05, 4.69) is 0 Å². The normalized spacial score (nSPS) is 15.8. The number of aromatic hydroxyl groups is 1. The Kier molecular flexibility index (Phi) is 2.88. The van der Waals surface area contributed by atoms with Crippen LogP contribution in [0, 0.1) is 0 Å². The van der Waals surface area contributed by atoms with Crippen LogP contribution in [-0.4, -0.2) is 10.9 Å². The molecule has 2 aromatic carbocycles. The van der Waals surface area contributed by atoms with E-state index in [1.54, 1.807) is 36.4 Å². The van der Waals surface area contributed by atoms with Gasteiger partial charge >= 0.3 is 0 Å². The van der Waals surface area contributed by atoms with Crippen molar-refractivity contribution in [2.45, 2.75) is 6.42 Å². The van der Waals surface area contributed by atoms with Crippen LogP contribution in [0.1, 0.15) is 21.5 Å². The smallest absolute Gasteiger partial charge is 0.189 e. The summed E-state index contributed by atoms with van der Waals surface area (Å²) in [5.74, 6) is 0.251. The molecular weight excluding hydrogens is 260 g/mol. The summed E-state index contributed by atoms with van der Waals surface area (Å²) >= 11 is 5.91. The largest absolute Gasteiger partial charge is 0.508 e. The van der Waals surface area contributed by atoms with Crippen molar-refractivity contribution in [2.24, 2.45) is 0 Å². The molecule has 3 heteroatoms. The first kappa shape index (κ1) is 12.0. The standard InChI is InChI=1S/C16H11ClO2/c17-13-4-3-11-8-12(16(19)15(11)9-13)7-10-1-5-14(18)6-2-10/h1-7,9,18H,8H2/b12-7+. The summed E-state index contributed by atoms with van der Waals surface area (Å²) in [4.78, 5) is 12.2. The van der Waals surface area contributed by atoms with Gasteiger partial charge in [-0.15, -0.1) is 0 Å². The van der Waals surface area contributed by atoms with Crippen molar-refractivity contribution in [3.63, 3.8) is 0 Å². The van der Waals surface area contributed by atoms with Crippen LogP contribution in [0.3, 0.4) is 0 Å². The maximum absolute atomic E-state index is 12.2. The quantitative estimate of drug-likeness (QED) is 0.799. The van der Waals surface area contributed by atoms with Gasteiger partial charge in [0.2, 0.25) is 0 Å². The number of allylic oxidation sites excluding steroid dienone is 1. The molecule has 2 aromatic rings. The summed E-state index contributed by atoms with van der Waals surface area (Å²) in [6, 6.07) is 12.2. The maximum Gasteiger partial charge on any atom is 0.189 e. The van der Waals surface area contributed by atoms with Gasteiger partial charge in [0.15, 0.2) is 5.78 Å². The summed E-state index contributed by atoms with van der Waals surface area (Å²) < 4.78 is 0. The first-order valence-electron chi connectivity index (χ1n) is 5.96. The highest BCUT2D eigenvalue weighted by Gasteiger charge is 2.24. The third-order valence-corrected chi connectivity index (χ3v) is 3.46. The fourth-order valence-corrected chi connectivity index (χ4v) is 2.43. The van der Waals surface area contributed by atoms with Gasteiger partial charge in [0.1, 0.15) is 5.75 Å². The van der Waals surface area contributed by atoms with E-state index in [1.165, 1.54) is 0 Å². The molecule has 1 N–H and O–H groups in total. The molecule has 0 aromatic heterocycles. The molecule has 0 fully saturated rings. The van der Waals surface area contributed by atoms with E-state index in [0.29, 0.717) is 17.0 Å². The minimum absolute atomic E-state index is 0.0329. The molecule has 0 unspecified atom stereocenters. The Morgan fingerprint density at radius 3 is 2.58 bits per heavy atom. The summed E-state index contributed by atoms with van der Waals surface area (Å²) in [5.41, 5.74) is 3.36. The van der Waals surface area contributed by atoms with Crippen molar-refractivity contribution in [3.05, 3.63) is 69.8 Å². The number of hydrogen-bond donors (Lipinski definition) is 1. The molecule has 3 rings (SSSR count). The van der Waals surface area contributed by atoms with Gasteiger partial charge in [-0.05, 0) is 41.5 Å². The molecule has 2 nitrogen and oxygen atoms in total. The van der Waals surface area contributed by atoms with E-state index in [9.17, 15) is 9.90 Å². The van der Waals surface area contributed by atoms with Gasteiger partial charge in [-0.2, -0.15) is 0 Å². The molecule has 0 bridgehead atoms. The second-order valence-corrected chi connectivity index (χ2v) is 5.00. The number of Topliss-reactive ketones (excluding diaryl/α,β-unsaturated/α-hetero) is 1. The molecule has 0 amide bonds. The minimum Gasteiger partial charge on any atom is -0.508 e. The fourth-order valence-electron chi connectivity index (χ4n) is 2.26. The van der Waals surface area contributed by atoms with Gasteiger partial charge in [-0.25, -0.2) is 0 Å². The predicted octanol–water partition coefficient (Wildman–Crippen LogP) is 3.87. The first-order valence-corrected chi connectivity index (χ1v) is 6.34. The molecule has 0 heterocycles. The second kappa shape index (κ2) is 4.56. The van der Waals surface area contributed by atoms with Crippen LogP contribution in [0.15, 0.2) is 48.0 Å². The van der Waals surface area contributed by atoms with Crippen molar-refractivity contribution in [1.82, 2.24) is 0 Å². The van der Waals surface area contributed by atoms with E-state index in [4.69, 9.17) is 11.6 Å². The highest BCUT2D eigenvalue weighted by Crippen LogP contribution is 2.30. The summed E-state index contributed by atoms with van der Waals surface area (Å²) in [5, 5.41) is 9.82. The van der Waals surface area contributed by atoms with Crippen molar-refractivity contribution in [1.29, 1.82) is 0 Å². The zero-order valence-electron chi connectivity index (χ0n) is 10.1. The lowest BCUT2D eigenvalue weighted by molar-refractivity contribution is 0.104.